The van der Waals surface area contributed by atoms with Gasteiger partial charge in [0, 0.05) is 68.4 Å². The molecule has 1 fully saturated rings. The van der Waals surface area contributed by atoms with Crippen molar-refractivity contribution in [1.82, 2.24) is 24.6 Å². The van der Waals surface area contributed by atoms with Crippen LogP contribution in [0.15, 0.2) is 42.0 Å². The molecule has 0 aliphatic carbocycles. The van der Waals surface area contributed by atoms with E-state index in [4.69, 9.17) is 0 Å². The maximum Gasteiger partial charge on any atom is 0.416 e. The lowest BCUT2D eigenvalue weighted by atomic mass is 10.0. The summed E-state index contributed by atoms with van der Waals surface area (Å²) in [6, 6.07) is 5.35. The van der Waals surface area contributed by atoms with E-state index in [1.54, 1.807) is 28.7 Å². The van der Waals surface area contributed by atoms with Gasteiger partial charge in [0.15, 0.2) is 5.82 Å². The third-order valence-corrected chi connectivity index (χ3v) is 6.35. The van der Waals surface area contributed by atoms with Gasteiger partial charge in [0.25, 0.3) is 0 Å². The summed E-state index contributed by atoms with van der Waals surface area (Å²) < 4.78 is 44.0. The molecule has 4 rings (SSSR count). The second-order valence-electron chi connectivity index (χ2n) is 7.20. The predicted molar refractivity (Wildman–Crippen MR) is 120 cm³/mol. The molecule has 3 heterocycles. The number of carbonyl (C=O) groups is 1. The molecule has 1 aromatic carbocycles. The molecule has 2 aromatic heterocycles. The summed E-state index contributed by atoms with van der Waals surface area (Å²) in [6.45, 7) is 2.73. The van der Waals surface area contributed by atoms with Crippen LogP contribution in [-0.4, -0.2) is 63.0 Å². The second kappa shape index (κ2) is 9.51. The van der Waals surface area contributed by atoms with E-state index < -0.39 is 11.7 Å². The lowest BCUT2D eigenvalue weighted by molar-refractivity contribution is -0.137. The number of hydrogen-bond donors (Lipinski definition) is 1. The Bertz CT molecular complexity index is 1060. The van der Waals surface area contributed by atoms with E-state index >= 15 is 0 Å². The van der Waals surface area contributed by atoms with Crippen LogP contribution in [0.4, 0.5) is 23.8 Å². The Morgan fingerprint density at radius 1 is 1.22 bits per heavy atom. The SMILES string of the molecule is CSNc1ccn(C(=O)N2CCN(Cc3ccc(C(F)(F)F)cc3-c3nccs3)CC2)n1. The Kier molecular flexibility index (Phi) is 6.72. The molecule has 1 amide bonds. The Labute approximate surface area is 191 Å². The third kappa shape index (κ3) is 5.08. The standard InChI is InChI=1S/C20H21F3N6OS2/c1-31-26-17-4-6-29(25-17)19(30)28-9-7-27(8-10-28)13-14-2-3-15(20(21,22)23)12-16(14)18-24-5-11-32-18/h2-6,11-12H,7-10,13H2,1H3,(H,25,26). The van der Waals surface area contributed by atoms with Crippen molar-refractivity contribution in [3.05, 3.63) is 53.2 Å². The van der Waals surface area contributed by atoms with Gasteiger partial charge in [-0.3, -0.25) is 4.90 Å². The van der Waals surface area contributed by atoms with E-state index in [0.717, 1.165) is 11.6 Å². The van der Waals surface area contributed by atoms with Crippen molar-refractivity contribution in [2.45, 2.75) is 12.7 Å². The van der Waals surface area contributed by atoms with Gasteiger partial charge in [0.2, 0.25) is 0 Å². The first-order valence-electron chi connectivity index (χ1n) is 9.81. The first kappa shape index (κ1) is 22.6. The number of piperazine rings is 1. The Morgan fingerprint density at radius 3 is 2.66 bits per heavy atom. The number of thiazole rings is 1. The van der Waals surface area contributed by atoms with Gasteiger partial charge in [-0.25, -0.2) is 9.78 Å². The van der Waals surface area contributed by atoms with Crippen LogP contribution in [0, 0.1) is 0 Å². The van der Waals surface area contributed by atoms with Crippen molar-refractivity contribution in [2.24, 2.45) is 0 Å². The zero-order valence-corrected chi connectivity index (χ0v) is 18.8. The van der Waals surface area contributed by atoms with Gasteiger partial charge in [0.1, 0.15) is 5.01 Å². The van der Waals surface area contributed by atoms with Gasteiger partial charge in [0.05, 0.1) is 5.56 Å². The van der Waals surface area contributed by atoms with Gasteiger partial charge in [-0.15, -0.1) is 16.4 Å². The summed E-state index contributed by atoms with van der Waals surface area (Å²) in [5, 5.41) is 6.52. The van der Waals surface area contributed by atoms with Crippen LogP contribution < -0.4 is 4.72 Å². The molecule has 0 saturated carbocycles. The minimum Gasteiger partial charge on any atom is -0.320 e. The fourth-order valence-electron chi connectivity index (χ4n) is 3.52. The second-order valence-corrected chi connectivity index (χ2v) is 8.71. The number of carbonyl (C=O) groups excluding carboxylic acids is 1. The van der Waals surface area contributed by atoms with E-state index in [2.05, 4.69) is 19.7 Å². The summed E-state index contributed by atoms with van der Waals surface area (Å²) in [5.74, 6) is 0.613. The molecule has 0 unspecified atom stereocenters. The molecule has 7 nitrogen and oxygen atoms in total. The highest BCUT2D eigenvalue weighted by atomic mass is 32.2. The molecule has 0 atom stereocenters. The van der Waals surface area contributed by atoms with Gasteiger partial charge in [-0.05, 0) is 17.7 Å². The maximum absolute atomic E-state index is 13.2. The average Bonchev–Trinajstić information content (AvgIpc) is 3.46. The van der Waals surface area contributed by atoms with Crippen molar-refractivity contribution >= 4 is 35.1 Å². The maximum atomic E-state index is 13.2. The molecule has 1 aliphatic rings. The fourth-order valence-corrected chi connectivity index (χ4v) is 4.53. The highest BCUT2D eigenvalue weighted by molar-refractivity contribution is 7.99. The number of benzene rings is 1. The van der Waals surface area contributed by atoms with Crippen molar-refractivity contribution in [1.29, 1.82) is 0 Å². The number of alkyl halides is 3. The van der Waals surface area contributed by atoms with Gasteiger partial charge < -0.3 is 9.62 Å². The third-order valence-electron chi connectivity index (χ3n) is 5.13. The monoisotopic (exact) mass is 482 g/mol. The van der Waals surface area contributed by atoms with Crippen LogP contribution in [0.25, 0.3) is 10.6 Å². The van der Waals surface area contributed by atoms with Crippen molar-refractivity contribution in [2.75, 3.05) is 37.2 Å². The molecular weight excluding hydrogens is 461 g/mol. The van der Waals surface area contributed by atoms with E-state index in [9.17, 15) is 18.0 Å². The normalized spacial score (nSPS) is 15.2. The summed E-state index contributed by atoms with van der Waals surface area (Å²) >= 11 is 2.71. The van der Waals surface area contributed by atoms with E-state index in [1.807, 2.05) is 6.26 Å². The molecule has 0 spiro atoms. The van der Waals surface area contributed by atoms with Crippen LogP contribution in [0.1, 0.15) is 11.1 Å². The summed E-state index contributed by atoms with van der Waals surface area (Å²) in [6.07, 6.45) is 0.671. The topological polar surface area (TPSA) is 66.3 Å². The summed E-state index contributed by atoms with van der Waals surface area (Å²) in [4.78, 5) is 20.7. The first-order chi connectivity index (χ1) is 15.3. The number of aromatic nitrogens is 3. The molecule has 170 valence electrons. The number of nitrogens with zero attached hydrogens (tertiary/aromatic N) is 5. The molecule has 0 radical (unpaired) electrons. The van der Waals surface area contributed by atoms with E-state index in [-0.39, 0.29) is 6.03 Å². The lowest BCUT2D eigenvalue weighted by Gasteiger charge is -2.34. The largest absolute Gasteiger partial charge is 0.416 e. The smallest absolute Gasteiger partial charge is 0.320 e. The highest BCUT2D eigenvalue weighted by Gasteiger charge is 2.32. The molecule has 1 N–H and O–H groups in total. The number of rotatable bonds is 5. The number of halogens is 3. The van der Waals surface area contributed by atoms with Crippen LogP contribution in [0.2, 0.25) is 0 Å². The van der Waals surface area contributed by atoms with Gasteiger partial charge in [-0.1, -0.05) is 18.0 Å². The molecule has 12 heteroatoms. The minimum atomic E-state index is -4.41. The van der Waals surface area contributed by atoms with Crippen LogP contribution in [0.5, 0.6) is 0 Å². The molecular formula is C20H21F3N6OS2. The number of hydrogen-bond acceptors (Lipinski definition) is 7. The average molecular weight is 483 g/mol. The van der Waals surface area contributed by atoms with Crippen molar-refractivity contribution < 1.29 is 18.0 Å². The first-order valence-corrected chi connectivity index (χ1v) is 11.9. The van der Waals surface area contributed by atoms with Gasteiger partial charge in [-0.2, -0.15) is 17.9 Å². The molecule has 32 heavy (non-hydrogen) atoms. The summed E-state index contributed by atoms with van der Waals surface area (Å²) in [5.41, 5.74) is 0.600. The van der Waals surface area contributed by atoms with Crippen LogP contribution in [-0.2, 0) is 12.7 Å². The number of amides is 1. The Hall–Kier alpha value is -2.57. The van der Waals surface area contributed by atoms with Crippen molar-refractivity contribution in [3.8, 4) is 10.6 Å². The number of nitrogens with one attached hydrogen (secondary N) is 1. The van der Waals surface area contributed by atoms with Gasteiger partial charge >= 0.3 is 12.2 Å². The lowest BCUT2D eigenvalue weighted by Crippen LogP contribution is -2.49. The Morgan fingerprint density at radius 2 is 2.00 bits per heavy atom. The predicted octanol–water partition coefficient (Wildman–Crippen LogP) is 4.50. The Balaban J connectivity index is 1.43. The van der Waals surface area contributed by atoms with Crippen LogP contribution in [0.3, 0.4) is 0 Å². The van der Waals surface area contributed by atoms with E-state index in [1.165, 1.54) is 40.1 Å². The molecule has 1 aliphatic heterocycles. The van der Waals surface area contributed by atoms with E-state index in [0.29, 0.717) is 49.1 Å². The number of anilines is 1. The summed E-state index contributed by atoms with van der Waals surface area (Å²) in [7, 11) is 0. The van der Waals surface area contributed by atoms with Crippen LogP contribution >= 0.6 is 23.3 Å². The fraction of sp³-hybridized carbons (Fsp3) is 0.350. The minimum absolute atomic E-state index is 0.197. The molecule has 0 bridgehead atoms. The zero-order chi connectivity index (χ0) is 22.7. The highest BCUT2D eigenvalue weighted by Crippen LogP contribution is 2.35. The molecule has 3 aromatic rings. The van der Waals surface area contributed by atoms with Crippen molar-refractivity contribution in [3.63, 3.8) is 0 Å². The molecule has 1 saturated heterocycles. The zero-order valence-electron chi connectivity index (χ0n) is 17.2. The quantitative estimate of drug-likeness (QED) is 0.540.